The Morgan fingerprint density at radius 2 is 2.05 bits per heavy atom. The Morgan fingerprint density at radius 3 is 2.89 bits per heavy atom. The maximum atomic E-state index is 3.59. The summed E-state index contributed by atoms with van der Waals surface area (Å²) in [6, 6.07) is 10.1. The Morgan fingerprint density at radius 1 is 1.21 bits per heavy atom. The van der Waals surface area contributed by atoms with E-state index in [0.29, 0.717) is 6.04 Å². The minimum Gasteiger partial charge on any atom is -0.299 e. The number of benzene rings is 1. The molecule has 2 unspecified atom stereocenters. The molecule has 0 bridgehead atoms. The number of hydrogen-bond donors (Lipinski definition) is 0. The Labute approximate surface area is 124 Å². The molecule has 2 heterocycles. The summed E-state index contributed by atoms with van der Waals surface area (Å²) >= 11 is 3.59. The topological polar surface area (TPSA) is 6.48 Å². The van der Waals surface area contributed by atoms with Crippen LogP contribution in [0.2, 0.25) is 0 Å². The molecule has 2 fully saturated rings. The summed E-state index contributed by atoms with van der Waals surface area (Å²) in [6.07, 6.45) is 4.10. The zero-order valence-corrected chi connectivity index (χ0v) is 13.3. The summed E-state index contributed by atoms with van der Waals surface area (Å²) in [4.78, 5) is 5.38. The van der Waals surface area contributed by atoms with Crippen LogP contribution in [-0.2, 0) is 0 Å². The van der Waals surface area contributed by atoms with E-state index in [0.717, 1.165) is 6.04 Å². The van der Waals surface area contributed by atoms with Gasteiger partial charge in [0.15, 0.2) is 0 Å². The summed E-state index contributed by atoms with van der Waals surface area (Å²) in [6.45, 7) is 7.46. The highest BCUT2D eigenvalue weighted by Crippen LogP contribution is 2.28. The summed E-state index contributed by atoms with van der Waals surface area (Å²) in [7, 11) is 0. The molecule has 2 nitrogen and oxygen atoms in total. The number of hydrogen-bond acceptors (Lipinski definition) is 2. The van der Waals surface area contributed by atoms with E-state index in [-0.39, 0.29) is 0 Å². The first-order chi connectivity index (χ1) is 9.24. The summed E-state index contributed by atoms with van der Waals surface area (Å²) in [5.74, 6) is 0. The molecule has 0 spiro atoms. The molecule has 2 aliphatic rings. The molecule has 104 valence electrons. The Bertz CT molecular complexity index is 435. The van der Waals surface area contributed by atoms with Crippen molar-refractivity contribution in [2.24, 2.45) is 0 Å². The van der Waals surface area contributed by atoms with Crippen LogP contribution in [0.4, 0.5) is 0 Å². The maximum absolute atomic E-state index is 3.59. The first-order valence-corrected chi connectivity index (χ1v) is 8.27. The van der Waals surface area contributed by atoms with Gasteiger partial charge in [-0.2, -0.15) is 0 Å². The normalized spacial score (nSPS) is 26.9. The van der Waals surface area contributed by atoms with Gasteiger partial charge in [0.25, 0.3) is 0 Å². The number of rotatable bonds is 2. The standard InChI is InChI=1S/C16H23BrN2/c1-13(14-5-2-6-15(17)11-14)19-10-4-9-18-8-3-7-16(18)12-19/h2,5-6,11,13,16H,3-4,7-10,12H2,1H3. The molecule has 1 aromatic carbocycles. The molecule has 0 aromatic heterocycles. The lowest BCUT2D eigenvalue weighted by Gasteiger charge is -2.31. The molecule has 0 radical (unpaired) electrons. The second-order valence-electron chi connectivity index (χ2n) is 5.91. The SMILES string of the molecule is CC(c1cccc(Br)c1)N1CCCN2CCCC2C1. The predicted molar refractivity (Wildman–Crippen MR) is 83.3 cm³/mol. The van der Waals surface area contributed by atoms with Crippen molar-refractivity contribution >= 4 is 15.9 Å². The van der Waals surface area contributed by atoms with E-state index in [1.54, 1.807) is 0 Å². The molecule has 3 rings (SSSR count). The first-order valence-electron chi connectivity index (χ1n) is 7.47. The number of fused-ring (bicyclic) bond motifs is 1. The maximum Gasteiger partial charge on any atom is 0.0320 e. The lowest BCUT2D eigenvalue weighted by Crippen LogP contribution is -2.37. The van der Waals surface area contributed by atoms with Gasteiger partial charge in [-0.25, -0.2) is 0 Å². The molecule has 19 heavy (non-hydrogen) atoms. The van der Waals surface area contributed by atoms with Crippen LogP contribution in [0.3, 0.4) is 0 Å². The molecular weight excluding hydrogens is 300 g/mol. The van der Waals surface area contributed by atoms with Gasteiger partial charge in [-0.1, -0.05) is 28.1 Å². The van der Waals surface area contributed by atoms with E-state index in [2.05, 4.69) is 56.9 Å². The smallest absolute Gasteiger partial charge is 0.0320 e. The average molecular weight is 323 g/mol. The van der Waals surface area contributed by atoms with Crippen molar-refractivity contribution in [3.8, 4) is 0 Å². The van der Waals surface area contributed by atoms with E-state index < -0.39 is 0 Å². The fourth-order valence-electron chi connectivity index (χ4n) is 3.56. The molecule has 1 aromatic rings. The highest BCUT2D eigenvalue weighted by Gasteiger charge is 2.30. The molecule has 2 atom stereocenters. The Kier molecular flexibility index (Phi) is 4.25. The third kappa shape index (κ3) is 3.04. The van der Waals surface area contributed by atoms with Crippen molar-refractivity contribution in [1.82, 2.24) is 9.80 Å². The van der Waals surface area contributed by atoms with Crippen LogP contribution >= 0.6 is 15.9 Å². The third-order valence-electron chi connectivity index (χ3n) is 4.71. The third-order valence-corrected chi connectivity index (χ3v) is 5.21. The minimum absolute atomic E-state index is 0.526. The first kappa shape index (κ1) is 13.6. The fraction of sp³-hybridized carbons (Fsp3) is 0.625. The van der Waals surface area contributed by atoms with Crippen molar-refractivity contribution in [3.05, 3.63) is 34.3 Å². The molecule has 2 saturated heterocycles. The minimum atomic E-state index is 0.526. The zero-order chi connectivity index (χ0) is 13.2. The van der Waals surface area contributed by atoms with E-state index >= 15 is 0 Å². The van der Waals surface area contributed by atoms with Crippen LogP contribution in [0.15, 0.2) is 28.7 Å². The lowest BCUT2D eigenvalue weighted by atomic mass is 10.1. The highest BCUT2D eigenvalue weighted by molar-refractivity contribution is 9.10. The van der Waals surface area contributed by atoms with Crippen molar-refractivity contribution in [3.63, 3.8) is 0 Å². The van der Waals surface area contributed by atoms with Crippen molar-refractivity contribution < 1.29 is 0 Å². The van der Waals surface area contributed by atoms with Crippen LogP contribution in [-0.4, -0.2) is 42.0 Å². The van der Waals surface area contributed by atoms with Gasteiger partial charge in [0, 0.05) is 29.6 Å². The summed E-state index contributed by atoms with van der Waals surface area (Å²) in [5, 5.41) is 0. The molecular formula is C16H23BrN2. The Hall–Kier alpha value is -0.380. The molecule has 0 saturated carbocycles. The second kappa shape index (κ2) is 5.94. The van der Waals surface area contributed by atoms with Crippen molar-refractivity contribution in [1.29, 1.82) is 0 Å². The molecule has 0 amide bonds. The highest BCUT2D eigenvalue weighted by atomic mass is 79.9. The van der Waals surface area contributed by atoms with E-state index in [1.165, 1.54) is 55.5 Å². The number of nitrogens with zero attached hydrogens (tertiary/aromatic N) is 2. The largest absolute Gasteiger partial charge is 0.299 e. The van der Waals surface area contributed by atoms with Gasteiger partial charge in [0.1, 0.15) is 0 Å². The van der Waals surface area contributed by atoms with Gasteiger partial charge in [-0.05, 0) is 57.0 Å². The van der Waals surface area contributed by atoms with Gasteiger partial charge in [0.2, 0.25) is 0 Å². The average Bonchev–Trinajstić information content (AvgIpc) is 2.75. The monoisotopic (exact) mass is 322 g/mol. The summed E-state index contributed by atoms with van der Waals surface area (Å²) < 4.78 is 1.19. The van der Waals surface area contributed by atoms with Crippen LogP contribution < -0.4 is 0 Å². The fourth-order valence-corrected chi connectivity index (χ4v) is 3.98. The van der Waals surface area contributed by atoms with Gasteiger partial charge in [0.05, 0.1) is 0 Å². The van der Waals surface area contributed by atoms with Crippen molar-refractivity contribution in [2.75, 3.05) is 26.2 Å². The van der Waals surface area contributed by atoms with Gasteiger partial charge >= 0.3 is 0 Å². The van der Waals surface area contributed by atoms with E-state index in [4.69, 9.17) is 0 Å². The molecule has 0 aliphatic carbocycles. The van der Waals surface area contributed by atoms with Crippen LogP contribution in [0.1, 0.15) is 37.8 Å². The number of halogens is 1. The van der Waals surface area contributed by atoms with Gasteiger partial charge in [-0.15, -0.1) is 0 Å². The zero-order valence-electron chi connectivity index (χ0n) is 11.7. The lowest BCUT2D eigenvalue weighted by molar-refractivity contribution is 0.182. The molecule has 3 heteroatoms. The molecule has 0 N–H and O–H groups in total. The quantitative estimate of drug-likeness (QED) is 0.819. The van der Waals surface area contributed by atoms with Crippen molar-refractivity contribution in [2.45, 2.75) is 38.3 Å². The van der Waals surface area contributed by atoms with Gasteiger partial charge < -0.3 is 0 Å². The summed E-state index contributed by atoms with van der Waals surface area (Å²) in [5.41, 5.74) is 1.43. The predicted octanol–water partition coefficient (Wildman–Crippen LogP) is 3.68. The van der Waals surface area contributed by atoms with Crippen LogP contribution in [0.5, 0.6) is 0 Å². The van der Waals surface area contributed by atoms with E-state index in [1.807, 2.05) is 0 Å². The Balaban J connectivity index is 1.73. The van der Waals surface area contributed by atoms with Crippen LogP contribution in [0, 0.1) is 0 Å². The molecule has 2 aliphatic heterocycles. The van der Waals surface area contributed by atoms with Crippen LogP contribution in [0.25, 0.3) is 0 Å². The second-order valence-corrected chi connectivity index (χ2v) is 6.83. The van der Waals surface area contributed by atoms with E-state index in [9.17, 15) is 0 Å². The van der Waals surface area contributed by atoms with Gasteiger partial charge in [-0.3, -0.25) is 9.80 Å².